The van der Waals surface area contributed by atoms with Gasteiger partial charge in [-0.2, -0.15) is 0 Å². The van der Waals surface area contributed by atoms with Gasteiger partial charge in [-0.25, -0.2) is 0 Å². The zero-order valence-electron chi connectivity index (χ0n) is 7.51. The van der Waals surface area contributed by atoms with Gasteiger partial charge in [0.1, 0.15) is 0 Å². The molecule has 2 heteroatoms. The number of nitrogens with zero attached hydrogens (tertiary/aromatic N) is 1. The van der Waals surface area contributed by atoms with Crippen molar-refractivity contribution in [3.63, 3.8) is 0 Å². The SMILES string of the molecule is C=CCN1CC(C)NCC1C. The zero-order chi connectivity index (χ0) is 8.27. The van der Waals surface area contributed by atoms with E-state index in [-0.39, 0.29) is 0 Å². The largest absolute Gasteiger partial charge is 0.311 e. The summed E-state index contributed by atoms with van der Waals surface area (Å²) in [5.74, 6) is 0. The first-order valence-corrected chi connectivity index (χ1v) is 4.32. The molecule has 1 aliphatic rings. The molecule has 64 valence electrons. The van der Waals surface area contributed by atoms with Crippen molar-refractivity contribution in [2.45, 2.75) is 25.9 Å². The lowest BCUT2D eigenvalue weighted by Gasteiger charge is -2.36. The van der Waals surface area contributed by atoms with Gasteiger partial charge in [-0.1, -0.05) is 6.08 Å². The molecule has 1 fully saturated rings. The van der Waals surface area contributed by atoms with Gasteiger partial charge in [0, 0.05) is 31.7 Å². The van der Waals surface area contributed by atoms with Gasteiger partial charge < -0.3 is 5.32 Å². The number of hydrogen-bond acceptors (Lipinski definition) is 2. The Morgan fingerprint density at radius 2 is 2.36 bits per heavy atom. The lowest BCUT2D eigenvalue weighted by Crippen LogP contribution is -2.54. The smallest absolute Gasteiger partial charge is 0.0196 e. The second kappa shape index (κ2) is 3.88. The summed E-state index contributed by atoms with van der Waals surface area (Å²) in [4.78, 5) is 2.45. The van der Waals surface area contributed by atoms with Gasteiger partial charge in [0.2, 0.25) is 0 Å². The second-order valence-electron chi connectivity index (χ2n) is 3.40. The van der Waals surface area contributed by atoms with Gasteiger partial charge >= 0.3 is 0 Å². The second-order valence-corrected chi connectivity index (χ2v) is 3.40. The van der Waals surface area contributed by atoms with Gasteiger partial charge in [-0.3, -0.25) is 4.90 Å². The van der Waals surface area contributed by atoms with Gasteiger partial charge in [-0.15, -0.1) is 6.58 Å². The molecular formula is C9H18N2. The maximum absolute atomic E-state index is 3.75. The molecule has 1 aliphatic heterocycles. The van der Waals surface area contributed by atoms with E-state index in [1.807, 2.05) is 6.08 Å². The zero-order valence-corrected chi connectivity index (χ0v) is 7.51. The molecule has 1 N–H and O–H groups in total. The molecule has 1 saturated heterocycles. The Hall–Kier alpha value is -0.340. The van der Waals surface area contributed by atoms with Gasteiger partial charge in [0.15, 0.2) is 0 Å². The highest BCUT2D eigenvalue weighted by Crippen LogP contribution is 2.05. The fourth-order valence-electron chi connectivity index (χ4n) is 1.52. The standard InChI is InChI=1S/C9H18N2/c1-4-5-11-7-8(2)10-6-9(11)3/h4,8-10H,1,5-7H2,2-3H3. The molecule has 11 heavy (non-hydrogen) atoms. The van der Waals surface area contributed by atoms with E-state index in [4.69, 9.17) is 0 Å². The van der Waals surface area contributed by atoms with E-state index >= 15 is 0 Å². The van der Waals surface area contributed by atoms with Crippen molar-refractivity contribution in [2.75, 3.05) is 19.6 Å². The molecule has 0 aliphatic carbocycles. The first-order chi connectivity index (χ1) is 5.24. The van der Waals surface area contributed by atoms with Crippen LogP contribution in [0.15, 0.2) is 12.7 Å². The summed E-state index contributed by atoms with van der Waals surface area (Å²) in [5.41, 5.74) is 0. The number of rotatable bonds is 2. The highest BCUT2D eigenvalue weighted by molar-refractivity contribution is 4.85. The summed E-state index contributed by atoms with van der Waals surface area (Å²) in [5, 5.41) is 3.44. The van der Waals surface area contributed by atoms with E-state index in [0.29, 0.717) is 12.1 Å². The predicted molar refractivity (Wildman–Crippen MR) is 48.7 cm³/mol. The lowest BCUT2D eigenvalue weighted by atomic mass is 10.1. The van der Waals surface area contributed by atoms with Crippen molar-refractivity contribution in [3.05, 3.63) is 12.7 Å². The molecule has 2 nitrogen and oxygen atoms in total. The van der Waals surface area contributed by atoms with Crippen LogP contribution < -0.4 is 5.32 Å². The van der Waals surface area contributed by atoms with E-state index in [9.17, 15) is 0 Å². The van der Waals surface area contributed by atoms with E-state index < -0.39 is 0 Å². The Morgan fingerprint density at radius 1 is 1.64 bits per heavy atom. The van der Waals surface area contributed by atoms with Crippen LogP contribution in [0.1, 0.15) is 13.8 Å². The predicted octanol–water partition coefficient (Wildman–Crippen LogP) is 0.855. The average molecular weight is 154 g/mol. The van der Waals surface area contributed by atoms with Crippen LogP contribution in [-0.4, -0.2) is 36.6 Å². The first kappa shape index (κ1) is 8.75. The van der Waals surface area contributed by atoms with Crippen molar-refractivity contribution < 1.29 is 0 Å². The fraction of sp³-hybridized carbons (Fsp3) is 0.778. The number of nitrogens with one attached hydrogen (secondary N) is 1. The molecule has 1 heterocycles. The van der Waals surface area contributed by atoms with Crippen molar-refractivity contribution in [3.8, 4) is 0 Å². The monoisotopic (exact) mass is 154 g/mol. The molecule has 0 aromatic heterocycles. The molecule has 1 rings (SSSR count). The minimum absolute atomic E-state index is 0.631. The molecule has 0 amide bonds. The van der Waals surface area contributed by atoms with Crippen LogP contribution in [0.25, 0.3) is 0 Å². The molecule has 0 bridgehead atoms. The summed E-state index contributed by atoms with van der Waals surface area (Å²) in [6.45, 7) is 11.5. The molecule has 0 saturated carbocycles. The summed E-state index contributed by atoms with van der Waals surface area (Å²) in [6.07, 6.45) is 1.98. The van der Waals surface area contributed by atoms with E-state index in [1.165, 1.54) is 0 Å². The summed E-state index contributed by atoms with van der Waals surface area (Å²) < 4.78 is 0. The molecule has 0 aromatic carbocycles. The molecule has 0 aromatic rings. The normalized spacial score (nSPS) is 33.6. The molecular weight excluding hydrogens is 136 g/mol. The van der Waals surface area contributed by atoms with Crippen molar-refractivity contribution in [1.82, 2.24) is 10.2 Å². The highest BCUT2D eigenvalue weighted by Gasteiger charge is 2.20. The minimum atomic E-state index is 0.631. The molecule has 2 unspecified atom stereocenters. The third-order valence-electron chi connectivity index (χ3n) is 2.26. The Kier molecular flexibility index (Phi) is 3.09. The van der Waals surface area contributed by atoms with Crippen LogP contribution in [0.2, 0.25) is 0 Å². The first-order valence-electron chi connectivity index (χ1n) is 4.32. The summed E-state index contributed by atoms with van der Waals surface area (Å²) in [7, 11) is 0. The van der Waals surface area contributed by atoms with Crippen molar-refractivity contribution in [1.29, 1.82) is 0 Å². The summed E-state index contributed by atoms with van der Waals surface area (Å²) in [6, 6.07) is 1.29. The Morgan fingerprint density at radius 3 is 3.00 bits per heavy atom. The Bertz CT molecular complexity index is 134. The third-order valence-corrected chi connectivity index (χ3v) is 2.26. The maximum Gasteiger partial charge on any atom is 0.0196 e. The number of piperazine rings is 1. The maximum atomic E-state index is 3.75. The van der Waals surface area contributed by atoms with Crippen LogP contribution in [0.4, 0.5) is 0 Å². The van der Waals surface area contributed by atoms with E-state index in [0.717, 1.165) is 19.6 Å². The van der Waals surface area contributed by atoms with E-state index in [1.54, 1.807) is 0 Å². The van der Waals surface area contributed by atoms with Crippen LogP contribution in [0.5, 0.6) is 0 Å². The van der Waals surface area contributed by atoms with Crippen molar-refractivity contribution >= 4 is 0 Å². The van der Waals surface area contributed by atoms with Crippen LogP contribution >= 0.6 is 0 Å². The fourth-order valence-corrected chi connectivity index (χ4v) is 1.52. The van der Waals surface area contributed by atoms with Gasteiger partial charge in [-0.05, 0) is 13.8 Å². The molecule has 2 atom stereocenters. The quantitative estimate of drug-likeness (QED) is 0.593. The van der Waals surface area contributed by atoms with Gasteiger partial charge in [0.05, 0.1) is 0 Å². The Balaban J connectivity index is 2.40. The van der Waals surface area contributed by atoms with Crippen LogP contribution in [0, 0.1) is 0 Å². The topological polar surface area (TPSA) is 15.3 Å². The molecule has 0 radical (unpaired) electrons. The van der Waals surface area contributed by atoms with Crippen LogP contribution in [0.3, 0.4) is 0 Å². The average Bonchev–Trinajstić information content (AvgIpc) is 1.98. The highest BCUT2D eigenvalue weighted by atomic mass is 15.2. The third kappa shape index (κ3) is 2.31. The van der Waals surface area contributed by atoms with Gasteiger partial charge in [0.25, 0.3) is 0 Å². The molecule has 0 spiro atoms. The Labute approximate surface area is 69.3 Å². The van der Waals surface area contributed by atoms with Crippen LogP contribution in [-0.2, 0) is 0 Å². The lowest BCUT2D eigenvalue weighted by molar-refractivity contribution is 0.163. The minimum Gasteiger partial charge on any atom is -0.311 e. The van der Waals surface area contributed by atoms with E-state index in [2.05, 4.69) is 30.6 Å². The van der Waals surface area contributed by atoms with Crippen molar-refractivity contribution in [2.24, 2.45) is 0 Å². The number of hydrogen-bond donors (Lipinski definition) is 1. The summed E-state index contributed by atoms with van der Waals surface area (Å²) >= 11 is 0.